The second kappa shape index (κ2) is 4.64. The lowest BCUT2D eigenvalue weighted by Crippen LogP contribution is -2.09. The van der Waals surface area contributed by atoms with Crippen molar-refractivity contribution in [2.75, 3.05) is 13.2 Å². The Bertz CT molecular complexity index is 183. The van der Waals surface area contributed by atoms with Crippen molar-refractivity contribution >= 4 is 5.90 Å². The van der Waals surface area contributed by atoms with E-state index in [0.717, 1.165) is 31.4 Å². The van der Waals surface area contributed by atoms with Crippen LogP contribution < -0.4 is 0 Å². The summed E-state index contributed by atoms with van der Waals surface area (Å²) in [5, 5.41) is 0. The van der Waals surface area contributed by atoms with Crippen LogP contribution in [0.1, 0.15) is 44.9 Å². The molecule has 13 heavy (non-hydrogen) atoms. The lowest BCUT2D eigenvalue weighted by molar-refractivity contribution is 0.313. The van der Waals surface area contributed by atoms with E-state index in [-0.39, 0.29) is 0 Å². The average molecular weight is 181 g/mol. The summed E-state index contributed by atoms with van der Waals surface area (Å²) in [5.41, 5.74) is 0. The lowest BCUT2D eigenvalue weighted by Gasteiger charge is -2.20. The molecule has 0 bridgehead atoms. The van der Waals surface area contributed by atoms with Crippen LogP contribution in [0, 0.1) is 5.92 Å². The van der Waals surface area contributed by atoms with Gasteiger partial charge in [0, 0.05) is 6.42 Å². The highest BCUT2D eigenvalue weighted by atomic mass is 16.5. The third-order valence-electron chi connectivity index (χ3n) is 3.14. The second-order valence-electron chi connectivity index (χ2n) is 4.17. The Labute approximate surface area is 80.4 Å². The second-order valence-corrected chi connectivity index (χ2v) is 4.17. The summed E-state index contributed by atoms with van der Waals surface area (Å²) in [6, 6.07) is 0. The summed E-state index contributed by atoms with van der Waals surface area (Å²) in [5.74, 6) is 1.98. The van der Waals surface area contributed by atoms with Gasteiger partial charge >= 0.3 is 0 Å². The SMILES string of the molecule is C1CCC(CCC2=NCCO2)CC1. The van der Waals surface area contributed by atoms with E-state index in [0.29, 0.717) is 0 Å². The Hall–Kier alpha value is -0.530. The Balaban J connectivity index is 1.66. The Morgan fingerprint density at radius 2 is 2.08 bits per heavy atom. The molecular weight excluding hydrogens is 162 g/mol. The standard InChI is InChI=1S/C11H19NO/c1-2-4-10(5-3-1)6-7-11-12-8-9-13-11/h10H,1-9H2. The third kappa shape index (κ3) is 2.71. The van der Waals surface area contributed by atoms with Crippen LogP contribution in [0.3, 0.4) is 0 Å². The van der Waals surface area contributed by atoms with Crippen LogP contribution in [-0.2, 0) is 4.74 Å². The van der Waals surface area contributed by atoms with E-state index < -0.39 is 0 Å². The molecule has 0 atom stereocenters. The molecule has 2 heteroatoms. The molecule has 0 saturated heterocycles. The summed E-state index contributed by atoms with van der Waals surface area (Å²) >= 11 is 0. The van der Waals surface area contributed by atoms with Gasteiger partial charge < -0.3 is 4.74 Å². The Kier molecular flexibility index (Phi) is 3.22. The molecule has 74 valence electrons. The van der Waals surface area contributed by atoms with Gasteiger partial charge in [0.1, 0.15) is 6.61 Å². The fourth-order valence-electron chi connectivity index (χ4n) is 2.33. The first-order valence-corrected chi connectivity index (χ1v) is 5.61. The molecule has 1 saturated carbocycles. The van der Waals surface area contributed by atoms with Crippen molar-refractivity contribution in [1.29, 1.82) is 0 Å². The van der Waals surface area contributed by atoms with Gasteiger partial charge in [-0.15, -0.1) is 0 Å². The zero-order valence-corrected chi connectivity index (χ0v) is 8.30. The third-order valence-corrected chi connectivity index (χ3v) is 3.14. The van der Waals surface area contributed by atoms with Crippen molar-refractivity contribution in [2.24, 2.45) is 10.9 Å². The highest BCUT2D eigenvalue weighted by molar-refractivity contribution is 5.77. The van der Waals surface area contributed by atoms with Crippen LogP contribution in [-0.4, -0.2) is 19.0 Å². The van der Waals surface area contributed by atoms with E-state index >= 15 is 0 Å². The van der Waals surface area contributed by atoms with E-state index in [9.17, 15) is 0 Å². The molecule has 0 spiro atoms. The predicted molar refractivity (Wildman–Crippen MR) is 54.1 cm³/mol. The van der Waals surface area contributed by atoms with Gasteiger partial charge in [0.25, 0.3) is 0 Å². The minimum Gasteiger partial charge on any atom is -0.479 e. The molecular formula is C11H19NO. The highest BCUT2D eigenvalue weighted by Gasteiger charge is 2.15. The summed E-state index contributed by atoms with van der Waals surface area (Å²) in [7, 11) is 0. The minimum absolute atomic E-state index is 0.819. The number of nitrogens with zero attached hydrogens (tertiary/aromatic N) is 1. The molecule has 0 aromatic heterocycles. The van der Waals surface area contributed by atoms with Crippen LogP contribution in [0.15, 0.2) is 4.99 Å². The van der Waals surface area contributed by atoms with Gasteiger partial charge in [-0.2, -0.15) is 0 Å². The van der Waals surface area contributed by atoms with E-state index in [1.807, 2.05) is 0 Å². The van der Waals surface area contributed by atoms with Gasteiger partial charge in [-0.1, -0.05) is 32.1 Å². The number of hydrogen-bond donors (Lipinski definition) is 0. The molecule has 0 radical (unpaired) electrons. The molecule has 0 N–H and O–H groups in total. The van der Waals surface area contributed by atoms with Crippen molar-refractivity contribution in [3.8, 4) is 0 Å². The summed E-state index contributed by atoms with van der Waals surface area (Å²) in [6.07, 6.45) is 9.61. The van der Waals surface area contributed by atoms with Crippen molar-refractivity contribution in [1.82, 2.24) is 0 Å². The Morgan fingerprint density at radius 1 is 1.23 bits per heavy atom. The zero-order chi connectivity index (χ0) is 8.93. The van der Waals surface area contributed by atoms with Gasteiger partial charge in [-0.3, -0.25) is 4.99 Å². The minimum atomic E-state index is 0.819. The van der Waals surface area contributed by atoms with Crippen molar-refractivity contribution in [3.63, 3.8) is 0 Å². The van der Waals surface area contributed by atoms with E-state index in [1.165, 1.54) is 38.5 Å². The fourth-order valence-corrected chi connectivity index (χ4v) is 2.33. The van der Waals surface area contributed by atoms with E-state index in [2.05, 4.69) is 4.99 Å². The van der Waals surface area contributed by atoms with E-state index in [1.54, 1.807) is 0 Å². The van der Waals surface area contributed by atoms with Gasteiger partial charge in [0.05, 0.1) is 6.54 Å². The predicted octanol–water partition coefficient (Wildman–Crippen LogP) is 2.78. The normalized spacial score (nSPS) is 24.2. The summed E-state index contributed by atoms with van der Waals surface area (Å²) < 4.78 is 5.39. The largest absolute Gasteiger partial charge is 0.479 e. The quantitative estimate of drug-likeness (QED) is 0.656. The molecule has 1 aliphatic heterocycles. The van der Waals surface area contributed by atoms with Crippen LogP contribution >= 0.6 is 0 Å². The zero-order valence-electron chi connectivity index (χ0n) is 8.30. The maximum atomic E-state index is 5.39. The first-order valence-electron chi connectivity index (χ1n) is 5.61. The van der Waals surface area contributed by atoms with Crippen LogP contribution in [0.5, 0.6) is 0 Å². The fraction of sp³-hybridized carbons (Fsp3) is 0.909. The molecule has 0 aromatic rings. The van der Waals surface area contributed by atoms with Gasteiger partial charge in [0.15, 0.2) is 5.90 Å². The smallest absolute Gasteiger partial charge is 0.183 e. The molecule has 2 nitrogen and oxygen atoms in total. The number of ether oxygens (including phenoxy) is 1. The lowest BCUT2D eigenvalue weighted by atomic mass is 9.86. The van der Waals surface area contributed by atoms with Crippen LogP contribution in [0.25, 0.3) is 0 Å². The molecule has 0 aromatic carbocycles. The highest BCUT2D eigenvalue weighted by Crippen LogP contribution is 2.27. The van der Waals surface area contributed by atoms with Gasteiger partial charge in [-0.05, 0) is 12.3 Å². The summed E-state index contributed by atoms with van der Waals surface area (Å²) in [6.45, 7) is 1.71. The maximum Gasteiger partial charge on any atom is 0.183 e. The number of aliphatic imine (C=N–C) groups is 1. The van der Waals surface area contributed by atoms with Gasteiger partial charge in [0.2, 0.25) is 0 Å². The average Bonchev–Trinajstić information content (AvgIpc) is 2.69. The van der Waals surface area contributed by atoms with Crippen molar-refractivity contribution in [2.45, 2.75) is 44.9 Å². The molecule has 1 heterocycles. The molecule has 0 amide bonds. The number of rotatable bonds is 3. The first-order chi connectivity index (χ1) is 6.45. The Morgan fingerprint density at radius 3 is 2.77 bits per heavy atom. The van der Waals surface area contributed by atoms with Crippen molar-refractivity contribution < 1.29 is 4.74 Å². The van der Waals surface area contributed by atoms with Gasteiger partial charge in [-0.25, -0.2) is 0 Å². The first kappa shape index (κ1) is 9.04. The van der Waals surface area contributed by atoms with E-state index in [4.69, 9.17) is 4.74 Å². The molecule has 2 rings (SSSR count). The summed E-state index contributed by atoms with van der Waals surface area (Å²) in [4.78, 5) is 4.31. The van der Waals surface area contributed by atoms with Crippen LogP contribution in [0.4, 0.5) is 0 Å². The van der Waals surface area contributed by atoms with Crippen molar-refractivity contribution in [3.05, 3.63) is 0 Å². The monoisotopic (exact) mass is 181 g/mol. The maximum absolute atomic E-state index is 5.39. The molecule has 2 aliphatic rings. The van der Waals surface area contributed by atoms with Crippen LogP contribution in [0.2, 0.25) is 0 Å². The topological polar surface area (TPSA) is 21.6 Å². The molecule has 1 fully saturated rings. The number of hydrogen-bond acceptors (Lipinski definition) is 2. The molecule has 0 unspecified atom stereocenters. The molecule has 1 aliphatic carbocycles.